The van der Waals surface area contributed by atoms with Crippen molar-refractivity contribution in [3.05, 3.63) is 0 Å². The molecule has 0 amide bonds. The van der Waals surface area contributed by atoms with Gasteiger partial charge in [0.05, 0.1) is 26.2 Å². The maximum atomic E-state index is 10.8. The first-order valence-electron chi connectivity index (χ1n) is 16.8. The number of nitrogens with zero attached hydrogens (tertiary/aromatic N) is 1. The van der Waals surface area contributed by atoms with Crippen molar-refractivity contribution in [3.63, 3.8) is 0 Å². The van der Waals surface area contributed by atoms with E-state index in [1.54, 1.807) is 0 Å². The summed E-state index contributed by atoms with van der Waals surface area (Å²) in [6, 6.07) is 0. The van der Waals surface area contributed by atoms with Gasteiger partial charge in [0.1, 0.15) is 0 Å². The lowest BCUT2D eigenvalue weighted by Gasteiger charge is -2.39. The van der Waals surface area contributed by atoms with Crippen molar-refractivity contribution >= 4 is 20.0 Å². The van der Waals surface area contributed by atoms with E-state index in [0.29, 0.717) is 0 Å². The van der Waals surface area contributed by atoms with Gasteiger partial charge in [0.15, 0.2) is 0 Å². The van der Waals surface area contributed by atoms with E-state index in [9.17, 15) is 43.2 Å². The number of alkyl halides is 6. The second kappa shape index (κ2) is 27.3. The second-order valence-corrected chi connectivity index (χ2v) is 15.0. The third kappa shape index (κ3) is 30.4. The van der Waals surface area contributed by atoms with Gasteiger partial charge in [-0.3, -0.25) is 0 Å². The van der Waals surface area contributed by atoms with E-state index >= 15 is 0 Å². The van der Waals surface area contributed by atoms with Gasteiger partial charge in [0.2, 0.25) is 0 Å². The molecule has 0 atom stereocenters. The van der Waals surface area contributed by atoms with Gasteiger partial charge in [-0.15, -0.1) is 0 Å². The van der Waals surface area contributed by atoms with Crippen LogP contribution in [0.4, 0.5) is 26.3 Å². The number of sulfonamides is 2. The molecule has 276 valence electrons. The van der Waals surface area contributed by atoms with Crippen LogP contribution in [-0.2, 0) is 20.0 Å². The summed E-state index contributed by atoms with van der Waals surface area (Å²) in [4.78, 5) is 0. The van der Waals surface area contributed by atoms with Gasteiger partial charge in [0.25, 0.3) is 0 Å². The summed E-state index contributed by atoms with van der Waals surface area (Å²) in [5.41, 5.74) is -10.6. The molecule has 0 aromatic heterocycles. The standard InChI is InChI=1S/C28H60N.2CH2F3NO2S/c1-5-9-13-17-21-25-29(26-22-18-14-10-6-2,27-23-19-15-11-7-3)28-24-20-16-12-8-4;2*2-1(3,4)8(5,6)7/h5-28H2,1-4H3;2*(H2,5,6,7)/q+1;;. The van der Waals surface area contributed by atoms with E-state index in [1.165, 1.54) is 159 Å². The van der Waals surface area contributed by atoms with Gasteiger partial charge in [0, 0.05) is 0 Å². The van der Waals surface area contributed by atoms with Gasteiger partial charge in [-0.1, -0.05) is 105 Å². The summed E-state index contributed by atoms with van der Waals surface area (Å²) in [5.74, 6) is 0. The summed E-state index contributed by atoms with van der Waals surface area (Å²) < 4.78 is 104. The zero-order valence-corrected chi connectivity index (χ0v) is 29.9. The number of unbranched alkanes of at least 4 members (excludes halogenated alkanes) is 16. The van der Waals surface area contributed by atoms with E-state index in [-0.39, 0.29) is 0 Å². The summed E-state index contributed by atoms with van der Waals surface area (Å²) >= 11 is 0. The van der Waals surface area contributed by atoms with Gasteiger partial charge < -0.3 is 4.48 Å². The van der Waals surface area contributed by atoms with E-state index < -0.39 is 31.1 Å². The SMILES string of the molecule is CCCCCCC[N+](CCCCCCC)(CCCCCCC)CCCCCCC.NS(=O)(=O)C(F)(F)F.NS(=O)(=O)C(F)(F)F. The van der Waals surface area contributed by atoms with Crippen molar-refractivity contribution in [1.29, 1.82) is 0 Å². The number of nitrogens with two attached hydrogens (primary N) is 2. The van der Waals surface area contributed by atoms with E-state index in [0.717, 1.165) is 0 Å². The number of hydrogen-bond acceptors (Lipinski definition) is 4. The van der Waals surface area contributed by atoms with Gasteiger partial charge in [-0.25, -0.2) is 27.1 Å². The average molecular weight is 709 g/mol. The maximum Gasteiger partial charge on any atom is 0.511 e. The summed E-state index contributed by atoms with van der Waals surface area (Å²) in [6.07, 6.45) is 28.8. The molecular formula is C30H64F6N3O4S2+. The molecule has 0 aromatic rings. The highest BCUT2D eigenvalue weighted by Crippen LogP contribution is 2.21. The Kier molecular flexibility index (Phi) is 29.6. The van der Waals surface area contributed by atoms with E-state index in [1.807, 2.05) is 0 Å². The number of halogens is 6. The zero-order valence-electron chi connectivity index (χ0n) is 28.3. The lowest BCUT2D eigenvalue weighted by Crippen LogP contribution is -2.50. The molecule has 0 aliphatic carbocycles. The number of quaternary nitrogens is 1. The highest BCUT2D eigenvalue weighted by Gasteiger charge is 2.43. The molecule has 0 spiro atoms. The Bertz CT molecular complexity index is 782. The van der Waals surface area contributed by atoms with Crippen LogP contribution in [0.3, 0.4) is 0 Å². The average Bonchev–Trinajstić information content (AvgIpc) is 2.91. The monoisotopic (exact) mass is 708 g/mol. The van der Waals surface area contributed by atoms with Crippen molar-refractivity contribution in [1.82, 2.24) is 0 Å². The van der Waals surface area contributed by atoms with E-state index in [2.05, 4.69) is 38.0 Å². The normalized spacial score (nSPS) is 12.7. The first kappa shape index (κ1) is 48.8. The van der Waals surface area contributed by atoms with Gasteiger partial charge in [-0.05, 0) is 51.4 Å². The van der Waals surface area contributed by atoms with Crippen LogP contribution < -0.4 is 10.3 Å². The Labute approximate surface area is 270 Å². The molecule has 0 heterocycles. The fourth-order valence-electron chi connectivity index (χ4n) is 4.87. The van der Waals surface area contributed by atoms with Crippen molar-refractivity contribution in [2.75, 3.05) is 26.2 Å². The lowest BCUT2D eigenvalue weighted by atomic mass is 10.1. The first-order chi connectivity index (χ1) is 20.7. The quantitative estimate of drug-likeness (QED) is 0.0590. The molecule has 0 rings (SSSR count). The van der Waals surface area contributed by atoms with Crippen LogP contribution >= 0.6 is 0 Å². The van der Waals surface area contributed by atoms with Crippen molar-refractivity contribution in [2.24, 2.45) is 10.3 Å². The summed E-state index contributed by atoms with van der Waals surface area (Å²) in [6.45, 7) is 15.2. The molecule has 0 saturated carbocycles. The minimum atomic E-state index is -5.34. The minimum absolute atomic E-state index is 1.37. The highest BCUT2D eigenvalue weighted by molar-refractivity contribution is 7.90. The van der Waals surface area contributed by atoms with Gasteiger partial charge >= 0.3 is 31.1 Å². The molecule has 15 heteroatoms. The number of rotatable bonds is 24. The molecule has 0 radical (unpaired) electrons. The number of hydrogen-bond donors (Lipinski definition) is 2. The minimum Gasteiger partial charge on any atom is -0.324 e. The van der Waals surface area contributed by atoms with Crippen LogP contribution in [0.25, 0.3) is 0 Å². The van der Waals surface area contributed by atoms with Crippen LogP contribution in [0.1, 0.15) is 156 Å². The topological polar surface area (TPSA) is 120 Å². The predicted octanol–water partition coefficient (Wildman–Crippen LogP) is 9.27. The third-order valence-electron chi connectivity index (χ3n) is 7.59. The summed E-state index contributed by atoms with van der Waals surface area (Å²) in [5, 5.41) is 7.32. The van der Waals surface area contributed by atoms with Crippen LogP contribution in [0.5, 0.6) is 0 Å². The van der Waals surface area contributed by atoms with Gasteiger partial charge in [-0.2, -0.15) is 26.3 Å². The Balaban J connectivity index is -0.000000894. The van der Waals surface area contributed by atoms with Crippen LogP contribution in [-0.4, -0.2) is 58.5 Å². The summed E-state index contributed by atoms with van der Waals surface area (Å²) in [7, 11) is -10.7. The molecule has 0 unspecified atom stereocenters. The molecule has 0 aliphatic heterocycles. The molecule has 45 heavy (non-hydrogen) atoms. The molecule has 0 fully saturated rings. The van der Waals surface area contributed by atoms with Crippen molar-refractivity contribution in [3.8, 4) is 0 Å². The molecule has 0 bridgehead atoms. The van der Waals surface area contributed by atoms with Crippen LogP contribution in [0.15, 0.2) is 0 Å². The van der Waals surface area contributed by atoms with Crippen molar-refractivity contribution in [2.45, 2.75) is 167 Å². The largest absolute Gasteiger partial charge is 0.511 e. The predicted molar refractivity (Wildman–Crippen MR) is 173 cm³/mol. The second-order valence-electron chi connectivity index (χ2n) is 11.9. The van der Waals surface area contributed by atoms with Crippen molar-refractivity contribution < 1.29 is 47.7 Å². The molecule has 0 aliphatic rings. The van der Waals surface area contributed by atoms with Crippen LogP contribution in [0.2, 0.25) is 0 Å². The Morgan fingerprint density at radius 1 is 0.400 bits per heavy atom. The molecule has 4 N–H and O–H groups in total. The zero-order chi connectivity index (χ0) is 35.5. The molecular weight excluding hydrogens is 644 g/mol. The number of primary sulfonamides is 2. The van der Waals surface area contributed by atoms with E-state index in [4.69, 9.17) is 0 Å². The fraction of sp³-hybridized carbons (Fsp3) is 1.00. The smallest absolute Gasteiger partial charge is 0.324 e. The maximum absolute atomic E-state index is 10.8. The Morgan fingerprint density at radius 2 is 0.556 bits per heavy atom. The highest BCUT2D eigenvalue weighted by atomic mass is 32.2. The Hall–Kier alpha value is -0.640. The third-order valence-corrected chi connectivity index (χ3v) is 8.88. The Morgan fingerprint density at radius 3 is 0.689 bits per heavy atom. The fourth-order valence-corrected chi connectivity index (χ4v) is 4.87. The van der Waals surface area contributed by atoms with Crippen LogP contribution in [0, 0.1) is 0 Å². The molecule has 7 nitrogen and oxygen atoms in total. The lowest BCUT2D eigenvalue weighted by molar-refractivity contribution is -0.929. The molecule has 0 aromatic carbocycles. The molecule has 0 saturated heterocycles. The first-order valence-corrected chi connectivity index (χ1v) is 19.9.